The Hall–Kier alpha value is -2.05. The predicted octanol–water partition coefficient (Wildman–Crippen LogP) is 5.45. The van der Waals surface area contributed by atoms with Crippen LogP contribution in [0.5, 0.6) is 5.75 Å². The highest BCUT2D eigenvalue weighted by atomic mass is 35.5. The molecule has 26 heavy (non-hydrogen) atoms. The summed E-state index contributed by atoms with van der Waals surface area (Å²) in [6.45, 7) is 5.39. The molecule has 0 aliphatic carbocycles. The van der Waals surface area contributed by atoms with Gasteiger partial charge in [-0.05, 0) is 55.8 Å². The van der Waals surface area contributed by atoms with Crippen molar-refractivity contribution in [3.05, 3.63) is 58.9 Å². The SMILES string of the molecule is CCOc1ccc(-c2nnc(SCc3ccc(F)cc3Cl)n2CC)cc1. The van der Waals surface area contributed by atoms with Crippen LogP contribution in [0.3, 0.4) is 0 Å². The normalized spacial score (nSPS) is 10.9. The largest absolute Gasteiger partial charge is 0.494 e. The van der Waals surface area contributed by atoms with E-state index in [4.69, 9.17) is 16.3 Å². The van der Waals surface area contributed by atoms with Gasteiger partial charge in [-0.15, -0.1) is 10.2 Å². The number of benzene rings is 2. The topological polar surface area (TPSA) is 39.9 Å². The number of hydrogen-bond donors (Lipinski definition) is 0. The van der Waals surface area contributed by atoms with Crippen molar-refractivity contribution in [3.8, 4) is 17.1 Å². The third-order valence-corrected chi connectivity index (χ3v) is 5.20. The first-order valence-electron chi connectivity index (χ1n) is 8.35. The lowest BCUT2D eigenvalue weighted by molar-refractivity contribution is 0.340. The van der Waals surface area contributed by atoms with Gasteiger partial charge in [0.25, 0.3) is 0 Å². The summed E-state index contributed by atoms with van der Waals surface area (Å²) in [5.74, 6) is 1.90. The molecule has 136 valence electrons. The molecule has 1 aromatic heterocycles. The Balaban J connectivity index is 1.79. The zero-order valence-corrected chi connectivity index (χ0v) is 16.1. The highest BCUT2D eigenvalue weighted by Crippen LogP contribution is 2.29. The lowest BCUT2D eigenvalue weighted by Gasteiger charge is -2.09. The standard InChI is InChI=1S/C19H19ClFN3OS/c1-3-24-18(13-6-9-16(10-7-13)25-4-2)22-23-19(24)26-12-14-5-8-15(21)11-17(14)20/h5-11H,3-4,12H2,1-2H3. The molecule has 0 saturated carbocycles. The molecule has 1 heterocycles. The Morgan fingerprint density at radius 3 is 2.54 bits per heavy atom. The molecular weight excluding hydrogens is 373 g/mol. The second-order valence-electron chi connectivity index (χ2n) is 5.53. The highest BCUT2D eigenvalue weighted by Gasteiger charge is 2.14. The van der Waals surface area contributed by atoms with Crippen LogP contribution in [0, 0.1) is 5.82 Å². The Bertz CT molecular complexity index is 883. The number of aromatic nitrogens is 3. The quantitative estimate of drug-likeness (QED) is 0.502. The molecule has 0 saturated heterocycles. The van der Waals surface area contributed by atoms with Crippen LogP contribution < -0.4 is 4.74 Å². The van der Waals surface area contributed by atoms with Crippen molar-refractivity contribution in [1.82, 2.24) is 14.8 Å². The first-order chi connectivity index (χ1) is 12.6. The van der Waals surface area contributed by atoms with Crippen molar-refractivity contribution < 1.29 is 9.13 Å². The summed E-state index contributed by atoms with van der Waals surface area (Å²) < 4.78 is 20.7. The van der Waals surface area contributed by atoms with E-state index in [1.54, 1.807) is 6.07 Å². The second kappa shape index (κ2) is 8.56. The summed E-state index contributed by atoms with van der Waals surface area (Å²) in [5.41, 5.74) is 1.85. The van der Waals surface area contributed by atoms with E-state index >= 15 is 0 Å². The van der Waals surface area contributed by atoms with Gasteiger partial charge >= 0.3 is 0 Å². The summed E-state index contributed by atoms with van der Waals surface area (Å²) in [4.78, 5) is 0. The minimum Gasteiger partial charge on any atom is -0.494 e. The van der Waals surface area contributed by atoms with Crippen molar-refractivity contribution in [2.24, 2.45) is 0 Å². The molecule has 0 atom stereocenters. The van der Waals surface area contributed by atoms with E-state index in [1.807, 2.05) is 31.2 Å². The number of ether oxygens (including phenoxy) is 1. The Labute approximate surface area is 161 Å². The minimum absolute atomic E-state index is 0.335. The van der Waals surface area contributed by atoms with Gasteiger partial charge in [-0.3, -0.25) is 0 Å². The lowest BCUT2D eigenvalue weighted by Crippen LogP contribution is -2.00. The molecule has 3 aromatic rings. The fraction of sp³-hybridized carbons (Fsp3) is 0.263. The average Bonchev–Trinajstić information content (AvgIpc) is 3.05. The van der Waals surface area contributed by atoms with Gasteiger partial charge in [0.05, 0.1) is 6.61 Å². The van der Waals surface area contributed by atoms with Gasteiger partial charge in [-0.25, -0.2) is 4.39 Å². The fourth-order valence-corrected chi connectivity index (χ4v) is 3.86. The van der Waals surface area contributed by atoms with Crippen LogP contribution in [0.4, 0.5) is 4.39 Å². The molecule has 3 rings (SSSR count). The number of halogens is 2. The van der Waals surface area contributed by atoms with Gasteiger partial charge in [0.2, 0.25) is 0 Å². The van der Waals surface area contributed by atoms with Crippen LogP contribution in [0.1, 0.15) is 19.4 Å². The number of rotatable bonds is 7. The molecule has 0 N–H and O–H groups in total. The van der Waals surface area contributed by atoms with E-state index in [9.17, 15) is 4.39 Å². The molecule has 0 unspecified atom stereocenters. The van der Waals surface area contributed by atoms with E-state index in [1.165, 1.54) is 23.9 Å². The van der Waals surface area contributed by atoms with Crippen molar-refractivity contribution in [2.45, 2.75) is 31.3 Å². The third-order valence-electron chi connectivity index (χ3n) is 3.83. The lowest BCUT2D eigenvalue weighted by atomic mass is 10.2. The number of hydrogen-bond acceptors (Lipinski definition) is 4. The number of thioether (sulfide) groups is 1. The first-order valence-corrected chi connectivity index (χ1v) is 9.71. The molecule has 0 spiro atoms. The van der Waals surface area contributed by atoms with E-state index in [2.05, 4.69) is 21.7 Å². The van der Waals surface area contributed by atoms with Crippen LogP contribution in [0.2, 0.25) is 5.02 Å². The predicted molar refractivity (Wildman–Crippen MR) is 103 cm³/mol. The van der Waals surface area contributed by atoms with E-state index in [0.29, 0.717) is 17.4 Å². The van der Waals surface area contributed by atoms with Gasteiger partial charge in [0, 0.05) is 22.9 Å². The van der Waals surface area contributed by atoms with Gasteiger partial charge < -0.3 is 9.30 Å². The van der Waals surface area contributed by atoms with E-state index in [-0.39, 0.29) is 5.82 Å². The second-order valence-corrected chi connectivity index (χ2v) is 6.88. The summed E-state index contributed by atoms with van der Waals surface area (Å²) >= 11 is 7.63. The monoisotopic (exact) mass is 391 g/mol. The Morgan fingerprint density at radius 2 is 1.88 bits per heavy atom. The molecule has 0 radical (unpaired) electrons. The first kappa shape index (κ1) is 18.7. The van der Waals surface area contributed by atoms with Gasteiger partial charge in [0.1, 0.15) is 11.6 Å². The highest BCUT2D eigenvalue weighted by molar-refractivity contribution is 7.98. The zero-order chi connectivity index (χ0) is 18.5. The van der Waals surface area contributed by atoms with Gasteiger partial charge in [-0.2, -0.15) is 0 Å². The maximum absolute atomic E-state index is 13.2. The molecule has 7 heteroatoms. The average molecular weight is 392 g/mol. The van der Waals surface area contributed by atoms with Crippen molar-refractivity contribution in [1.29, 1.82) is 0 Å². The summed E-state index contributed by atoms with van der Waals surface area (Å²) in [5, 5.41) is 9.88. The van der Waals surface area contributed by atoms with Crippen molar-refractivity contribution in [3.63, 3.8) is 0 Å². The minimum atomic E-state index is -0.335. The van der Waals surface area contributed by atoms with E-state index in [0.717, 1.165) is 34.4 Å². The zero-order valence-electron chi connectivity index (χ0n) is 14.6. The van der Waals surface area contributed by atoms with Crippen molar-refractivity contribution in [2.75, 3.05) is 6.61 Å². The van der Waals surface area contributed by atoms with E-state index < -0.39 is 0 Å². The summed E-state index contributed by atoms with van der Waals surface area (Å²) in [6, 6.07) is 12.3. The summed E-state index contributed by atoms with van der Waals surface area (Å²) in [7, 11) is 0. The van der Waals surface area contributed by atoms with Crippen LogP contribution in [0.25, 0.3) is 11.4 Å². The maximum atomic E-state index is 13.2. The summed E-state index contributed by atoms with van der Waals surface area (Å²) in [6.07, 6.45) is 0. The smallest absolute Gasteiger partial charge is 0.191 e. The molecule has 0 amide bonds. The number of nitrogens with zero attached hydrogens (tertiary/aromatic N) is 3. The van der Waals surface area contributed by atoms with Crippen LogP contribution in [-0.2, 0) is 12.3 Å². The molecule has 0 bridgehead atoms. The van der Waals surface area contributed by atoms with Crippen LogP contribution in [0.15, 0.2) is 47.6 Å². The molecule has 0 aliphatic heterocycles. The fourth-order valence-electron chi connectivity index (χ4n) is 2.54. The van der Waals surface area contributed by atoms with Crippen molar-refractivity contribution >= 4 is 23.4 Å². The van der Waals surface area contributed by atoms with Gasteiger partial charge in [-0.1, -0.05) is 29.4 Å². The third kappa shape index (κ3) is 4.19. The Kier molecular flexibility index (Phi) is 6.16. The molecule has 0 fully saturated rings. The molecule has 4 nitrogen and oxygen atoms in total. The van der Waals surface area contributed by atoms with Crippen LogP contribution >= 0.6 is 23.4 Å². The molecule has 2 aromatic carbocycles. The van der Waals surface area contributed by atoms with Gasteiger partial charge in [0.15, 0.2) is 11.0 Å². The molecule has 0 aliphatic rings. The maximum Gasteiger partial charge on any atom is 0.191 e. The molecular formula is C19H19ClFN3OS. The Morgan fingerprint density at radius 1 is 1.12 bits per heavy atom. The van der Waals surface area contributed by atoms with Crippen LogP contribution in [-0.4, -0.2) is 21.4 Å².